The van der Waals surface area contributed by atoms with Crippen molar-refractivity contribution in [2.24, 2.45) is 11.8 Å². The molecule has 0 N–H and O–H groups in total. The van der Waals surface area contributed by atoms with Crippen LogP contribution in [0.4, 0.5) is 0 Å². The van der Waals surface area contributed by atoms with Gasteiger partial charge in [-0.2, -0.15) is 0 Å². The van der Waals surface area contributed by atoms with E-state index < -0.39 is 0 Å². The highest BCUT2D eigenvalue weighted by atomic mass is 16.5. The van der Waals surface area contributed by atoms with E-state index in [9.17, 15) is 4.79 Å². The van der Waals surface area contributed by atoms with Gasteiger partial charge in [0.15, 0.2) is 0 Å². The summed E-state index contributed by atoms with van der Waals surface area (Å²) in [7, 11) is 0. The summed E-state index contributed by atoms with van der Waals surface area (Å²) < 4.78 is 5.49. The first-order valence-electron chi connectivity index (χ1n) is 9.76. The molecule has 1 aromatic carbocycles. The standard InChI is InChI=1S/C21H31NO2/c1-2-24-20-11-9-17(10-12-20)7-8-18-13-15-22(16-14-18)21(23)19-5-3-4-6-19/h9-12,18-19H,2-8,13-16H2,1H3. The van der Waals surface area contributed by atoms with Crippen molar-refractivity contribution in [3.63, 3.8) is 0 Å². The van der Waals surface area contributed by atoms with Gasteiger partial charge in [0.2, 0.25) is 5.91 Å². The molecule has 132 valence electrons. The first-order valence-corrected chi connectivity index (χ1v) is 9.76. The molecule has 1 saturated heterocycles. The lowest BCUT2D eigenvalue weighted by molar-refractivity contribution is -0.136. The van der Waals surface area contributed by atoms with E-state index >= 15 is 0 Å². The number of carbonyl (C=O) groups excluding carboxylic acids is 1. The lowest BCUT2D eigenvalue weighted by atomic mass is 9.90. The van der Waals surface area contributed by atoms with Crippen LogP contribution in [0.15, 0.2) is 24.3 Å². The van der Waals surface area contributed by atoms with Gasteiger partial charge in [-0.1, -0.05) is 25.0 Å². The molecule has 0 aromatic heterocycles. The largest absolute Gasteiger partial charge is 0.494 e. The van der Waals surface area contributed by atoms with Gasteiger partial charge in [-0.3, -0.25) is 4.79 Å². The van der Waals surface area contributed by atoms with Crippen molar-refractivity contribution < 1.29 is 9.53 Å². The first-order chi connectivity index (χ1) is 11.8. The van der Waals surface area contributed by atoms with Crippen LogP contribution < -0.4 is 4.74 Å². The minimum absolute atomic E-state index is 0.338. The maximum atomic E-state index is 12.5. The van der Waals surface area contributed by atoms with E-state index in [-0.39, 0.29) is 0 Å². The number of carbonyl (C=O) groups is 1. The van der Waals surface area contributed by atoms with Crippen molar-refractivity contribution in [2.75, 3.05) is 19.7 Å². The van der Waals surface area contributed by atoms with Crippen molar-refractivity contribution in [1.82, 2.24) is 4.90 Å². The summed E-state index contributed by atoms with van der Waals surface area (Å²) in [6, 6.07) is 8.51. The van der Waals surface area contributed by atoms with Crippen LogP contribution in [0, 0.1) is 11.8 Å². The summed E-state index contributed by atoms with van der Waals surface area (Å²) in [5.41, 5.74) is 1.39. The average Bonchev–Trinajstić information content (AvgIpc) is 3.16. The van der Waals surface area contributed by atoms with Crippen LogP contribution in [-0.2, 0) is 11.2 Å². The van der Waals surface area contributed by atoms with Gasteiger partial charge >= 0.3 is 0 Å². The smallest absolute Gasteiger partial charge is 0.225 e. The Labute approximate surface area is 146 Å². The summed E-state index contributed by atoms with van der Waals surface area (Å²) in [5.74, 6) is 2.51. The molecular formula is C21H31NO2. The van der Waals surface area contributed by atoms with Crippen molar-refractivity contribution in [3.8, 4) is 5.75 Å². The van der Waals surface area contributed by atoms with Crippen LogP contribution in [0.3, 0.4) is 0 Å². The number of amides is 1. The molecule has 3 nitrogen and oxygen atoms in total. The van der Waals surface area contributed by atoms with E-state index in [1.165, 1.54) is 37.7 Å². The van der Waals surface area contributed by atoms with E-state index in [1.54, 1.807) is 0 Å². The second-order valence-corrected chi connectivity index (χ2v) is 7.37. The first kappa shape index (κ1) is 17.3. The van der Waals surface area contributed by atoms with Gasteiger partial charge in [-0.15, -0.1) is 0 Å². The third-order valence-corrected chi connectivity index (χ3v) is 5.71. The number of hydrogen-bond donors (Lipinski definition) is 0. The Bertz CT molecular complexity index is 511. The highest BCUT2D eigenvalue weighted by molar-refractivity contribution is 5.79. The lowest BCUT2D eigenvalue weighted by Gasteiger charge is -2.33. The monoisotopic (exact) mass is 329 g/mol. The van der Waals surface area contributed by atoms with Crippen molar-refractivity contribution in [2.45, 2.75) is 58.3 Å². The maximum absolute atomic E-state index is 12.5. The maximum Gasteiger partial charge on any atom is 0.225 e. The van der Waals surface area contributed by atoms with Crippen LogP contribution in [0.5, 0.6) is 5.75 Å². The predicted octanol–water partition coefficient (Wildman–Crippen LogP) is 4.45. The highest BCUT2D eigenvalue weighted by Crippen LogP contribution is 2.29. The van der Waals surface area contributed by atoms with Crippen LogP contribution in [0.1, 0.15) is 57.4 Å². The fourth-order valence-electron chi connectivity index (χ4n) is 4.16. The molecule has 1 aliphatic carbocycles. The number of rotatable bonds is 6. The summed E-state index contributed by atoms with van der Waals surface area (Å²) >= 11 is 0. The number of likely N-dealkylation sites (tertiary alicyclic amines) is 1. The van der Waals surface area contributed by atoms with Crippen molar-refractivity contribution in [3.05, 3.63) is 29.8 Å². The molecule has 1 saturated carbocycles. The minimum atomic E-state index is 0.338. The Morgan fingerprint density at radius 3 is 2.38 bits per heavy atom. The molecule has 2 aliphatic rings. The van der Waals surface area contributed by atoms with E-state index in [2.05, 4.69) is 29.2 Å². The molecular weight excluding hydrogens is 298 g/mol. The minimum Gasteiger partial charge on any atom is -0.494 e. The zero-order chi connectivity index (χ0) is 16.8. The number of nitrogens with zero attached hydrogens (tertiary/aromatic N) is 1. The van der Waals surface area contributed by atoms with E-state index in [4.69, 9.17) is 4.74 Å². The molecule has 24 heavy (non-hydrogen) atoms. The molecule has 3 heteroatoms. The van der Waals surface area contributed by atoms with Gasteiger partial charge in [-0.25, -0.2) is 0 Å². The van der Waals surface area contributed by atoms with Crippen LogP contribution >= 0.6 is 0 Å². The molecule has 0 radical (unpaired) electrons. The molecule has 3 rings (SSSR count). The van der Waals surface area contributed by atoms with Gasteiger partial charge in [-0.05, 0) is 69.1 Å². The fourth-order valence-corrected chi connectivity index (χ4v) is 4.16. The molecule has 2 fully saturated rings. The van der Waals surface area contributed by atoms with Crippen LogP contribution in [0.25, 0.3) is 0 Å². The Hall–Kier alpha value is -1.51. The van der Waals surface area contributed by atoms with Crippen molar-refractivity contribution in [1.29, 1.82) is 0 Å². The molecule has 1 heterocycles. The van der Waals surface area contributed by atoms with Crippen LogP contribution in [-0.4, -0.2) is 30.5 Å². The van der Waals surface area contributed by atoms with Crippen LogP contribution in [0.2, 0.25) is 0 Å². The second-order valence-electron chi connectivity index (χ2n) is 7.37. The SMILES string of the molecule is CCOc1ccc(CCC2CCN(C(=O)C3CCCC3)CC2)cc1. The van der Waals surface area contributed by atoms with Crippen molar-refractivity contribution >= 4 is 5.91 Å². The fraction of sp³-hybridized carbons (Fsp3) is 0.667. The van der Waals surface area contributed by atoms with Gasteiger partial charge in [0.1, 0.15) is 5.75 Å². The third-order valence-electron chi connectivity index (χ3n) is 5.71. The van der Waals surface area contributed by atoms with Gasteiger partial charge in [0.25, 0.3) is 0 Å². The number of ether oxygens (including phenoxy) is 1. The number of aryl methyl sites for hydroxylation is 1. The lowest BCUT2D eigenvalue weighted by Crippen LogP contribution is -2.41. The number of piperidine rings is 1. The summed E-state index contributed by atoms with van der Waals surface area (Å²) in [6.45, 7) is 4.68. The highest BCUT2D eigenvalue weighted by Gasteiger charge is 2.29. The third kappa shape index (κ3) is 4.52. The topological polar surface area (TPSA) is 29.5 Å². The molecule has 1 aliphatic heterocycles. The molecule has 0 unspecified atom stereocenters. The van der Waals surface area contributed by atoms with E-state index in [0.29, 0.717) is 11.8 Å². The summed E-state index contributed by atoms with van der Waals surface area (Å²) in [4.78, 5) is 14.6. The number of benzene rings is 1. The van der Waals surface area contributed by atoms with Gasteiger partial charge < -0.3 is 9.64 Å². The normalized spacial score (nSPS) is 19.6. The zero-order valence-electron chi connectivity index (χ0n) is 15.0. The van der Waals surface area contributed by atoms with E-state index in [1.807, 2.05) is 6.92 Å². The molecule has 1 amide bonds. The van der Waals surface area contributed by atoms with Gasteiger partial charge in [0.05, 0.1) is 6.61 Å². The molecule has 0 spiro atoms. The quantitative estimate of drug-likeness (QED) is 0.772. The predicted molar refractivity (Wildman–Crippen MR) is 97.2 cm³/mol. The Kier molecular flexibility index (Phi) is 6.17. The Morgan fingerprint density at radius 2 is 1.75 bits per heavy atom. The zero-order valence-corrected chi connectivity index (χ0v) is 15.0. The molecule has 1 aromatic rings. The molecule has 0 bridgehead atoms. The summed E-state index contributed by atoms with van der Waals surface area (Å²) in [5, 5.41) is 0. The number of hydrogen-bond acceptors (Lipinski definition) is 2. The molecule has 0 atom stereocenters. The Morgan fingerprint density at radius 1 is 1.08 bits per heavy atom. The average molecular weight is 329 g/mol. The summed E-state index contributed by atoms with van der Waals surface area (Å²) in [6.07, 6.45) is 9.45. The van der Waals surface area contributed by atoms with E-state index in [0.717, 1.165) is 50.6 Å². The Balaban J connectivity index is 1.39. The second kappa shape index (κ2) is 8.55. The van der Waals surface area contributed by atoms with Gasteiger partial charge in [0, 0.05) is 19.0 Å².